The van der Waals surface area contributed by atoms with E-state index in [1.54, 1.807) is 6.07 Å². The number of nitro benzene ring substituents is 1. The van der Waals surface area contributed by atoms with Crippen LogP contribution in [0.1, 0.15) is 12.0 Å². The molecule has 7 heteroatoms. The molecular weight excluding hydrogens is 270 g/mol. The first kappa shape index (κ1) is 15.4. The van der Waals surface area contributed by atoms with Gasteiger partial charge < -0.3 is 10.6 Å². The number of nitrogens with zero attached hydrogens (tertiary/aromatic N) is 1. The van der Waals surface area contributed by atoms with Crippen LogP contribution in [0.25, 0.3) is 0 Å². The Balaban J connectivity index is 0.00000180. The van der Waals surface area contributed by atoms with Crippen molar-refractivity contribution in [3.8, 4) is 0 Å². The van der Waals surface area contributed by atoms with Crippen molar-refractivity contribution < 1.29 is 9.72 Å². The summed E-state index contributed by atoms with van der Waals surface area (Å²) < 4.78 is 0. The molecule has 1 aliphatic rings. The third-order valence-corrected chi connectivity index (χ3v) is 3.12. The number of nitro groups is 1. The van der Waals surface area contributed by atoms with Gasteiger partial charge >= 0.3 is 0 Å². The fourth-order valence-corrected chi connectivity index (χ4v) is 1.97. The minimum atomic E-state index is -0.466. The van der Waals surface area contributed by atoms with E-state index >= 15 is 0 Å². The Morgan fingerprint density at radius 3 is 2.84 bits per heavy atom. The predicted molar refractivity (Wildman–Crippen MR) is 74.7 cm³/mol. The van der Waals surface area contributed by atoms with E-state index in [0.29, 0.717) is 12.2 Å². The number of aryl methyl sites for hydroxylation is 1. The molecule has 1 aliphatic heterocycles. The van der Waals surface area contributed by atoms with E-state index in [4.69, 9.17) is 0 Å². The van der Waals surface area contributed by atoms with E-state index in [-0.39, 0.29) is 29.9 Å². The summed E-state index contributed by atoms with van der Waals surface area (Å²) in [6, 6.07) is 4.47. The summed E-state index contributed by atoms with van der Waals surface area (Å²) in [5, 5.41) is 16.6. The van der Waals surface area contributed by atoms with Gasteiger partial charge in [-0.2, -0.15) is 0 Å². The highest BCUT2D eigenvalue weighted by Crippen LogP contribution is 2.23. The number of hydrogen-bond acceptors (Lipinski definition) is 4. The van der Waals surface area contributed by atoms with E-state index in [9.17, 15) is 14.9 Å². The van der Waals surface area contributed by atoms with Crippen LogP contribution in [0.3, 0.4) is 0 Å². The molecule has 0 spiro atoms. The summed E-state index contributed by atoms with van der Waals surface area (Å²) in [5.41, 5.74) is 1.32. The molecule has 2 rings (SSSR count). The van der Waals surface area contributed by atoms with Crippen molar-refractivity contribution in [1.29, 1.82) is 0 Å². The van der Waals surface area contributed by atoms with Crippen LogP contribution >= 0.6 is 12.4 Å². The van der Waals surface area contributed by atoms with Crippen molar-refractivity contribution in [2.24, 2.45) is 5.92 Å². The third-order valence-electron chi connectivity index (χ3n) is 3.12. The number of nitrogens with one attached hydrogen (secondary N) is 2. The van der Waals surface area contributed by atoms with Crippen LogP contribution in [0.5, 0.6) is 0 Å². The molecule has 1 saturated heterocycles. The Morgan fingerprint density at radius 1 is 1.53 bits per heavy atom. The van der Waals surface area contributed by atoms with Crippen LogP contribution in [0.4, 0.5) is 11.4 Å². The number of hydrogen-bond donors (Lipinski definition) is 2. The number of carbonyl (C=O) groups is 1. The van der Waals surface area contributed by atoms with E-state index in [1.165, 1.54) is 12.1 Å². The molecular formula is C12H16ClN3O3. The molecule has 1 unspecified atom stereocenters. The topological polar surface area (TPSA) is 84.3 Å². The SMILES string of the molecule is Cc1ccc([N+](=O)[O-])cc1NC(=O)C1CCNC1.Cl. The monoisotopic (exact) mass is 285 g/mol. The number of amides is 1. The lowest BCUT2D eigenvalue weighted by molar-refractivity contribution is -0.384. The molecule has 1 aromatic rings. The average Bonchev–Trinajstić information content (AvgIpc) is 2.85. The fraction of sp³-hybridized carbons (Fsp3) is 0.417. The standard InChI is InChI=1S/C12H15N3O3.ClH/c1-8-2-3-10(15(17)18)6-11(8)14-12(16)9-4-5-13-7-9;/h2-3,6,9,13H,4-5,7H2,1H3,(H,14,16);1H. The zero-order chi connectivity index (χ0) is 13.1. The summed E-state index contributed by atoms with van der Waals surface area (Å²) in [4.78, 5) is 22.2. The Morgan fingerprint density at radius 2 is 2.26 bits per heavy atom. The van der Waals surface area contributed by atoms with Crippen molar-refractivity contribution in [2.75, 3.05) is 18.4 Å². The molecule has 2 N–H and O–H groups in total. The number of halogens is 1. The summed E-state index contributed by atoms with van der Waals surface area (Å²) in [7, 11) is 0. The number of carbonyl (C=O) groups excluding carboxylic acids is 1. The van der Waals surface area contributed by atoms with E-state index in [0.717, 1.165) is 18.5 Å². The van der Waals surface area contributed by atoms with Gasteiger partial charge in [-0.3, -0.25) is 14.9 Å². The van der Waals surface area contributed by atoms with Gasteiger partial charge in [-0.1, -0.05) is 6.07 Å². The summed E-state index contributed by atoms with van der Waals surface area (Å²) in [5.74, 6) is -0.132. The second kappa shape index (κ2) is 6.49. The summed E-state index contributed by atoms with van der Waals surface area (Å²) in [6.45, 7) is 3.32. The van der Waals surface area contributed by atoms with Crippen molar-refractivity contribution in [3.05, 3.63) is 33.9 Å². The Kier molecular flexibility index (Phi) is 5.26. The van der Waals surface area contributed by atoms with Gasteiger partial charge in [0.05, 0.1) is 16.5 Å². The van der Waals surface area contributed by atoms with E-state index in [2.05, 4.69) is 10.6 Å². The molecule has 1 atom stereocenters. The molecule has 19 heavy (non-hydrogen) atoms. The molecule has 0 saturated carbocycles. The Hall–Kier alpha value is -1.66. The van der Waals surface area contributed by atoms with Crippen LogP contribution in [0.2, 0.25) is 0 Å². The van der Waals surface area contributed by atoms with Crippen LogP contribution in [0, 0.1) is 23.0 Å². The highest BCUT2D eigenvalue weighted by molar-refractivity contribution is 5.93. The van der Waals surface area contributed by atoms with Crippen LogP contribution < -0.4 is 10.6 Å². The third kappa shape index (κ3) is 3.65. The first-order valence-electron chi connectivity index (χ1n) is 5.84. The zero-order valence-corrected chi connectivity index (χ0v) is 11.3. The maximum Gasteiger partial charge on any atom is 0.271 e. The van der Waals surface area contributed by atoms with Gasteiger partial charge in [-0.25, -0.2) is 0 Å². The predicted octanol–water partition coefficient (Wildman–Crippen LogP) is 1.87. The largest absolute Gasteiger partial charge is 0.325 e. The van der Waals surface area contributed by atoms with Gasteiger partial charge in [-0.05, 0) is 25.5 Å². The lowest BCUT2D eigenvalue weighted by Crippen LogP contribution is -2.25. The highest BCUT2D eigenvalue weighted by Gasteiger charge is 2.23. The Bertz CT molecular complexity index is 487. The number of anilines is 1. The van der Waals surface area contributed by atoms with Gasteiger partial charge in [0.2, 0.25) is 5.91 Å². The van der Waals surface area contributed by atoms with Crippen molar-refractivity contribution in [1.82, 2.24) is 5.32 Å². The van der Waals surface area contributed by atoms with E-state index < -0.39 is 4.92 Å². The molecule has 6 nitrogen and oxygen atoms in total. The zero-order valence-electron chi connectivity index (χ0n) is 10.5. The van der Waals surface area contributed by atoms with Gasteiger partial charge in [-0.15, -0.1) is 12.4 Å². The summed E-state index contributed by atoms with van der Waals surface area (Å²) >= 11 is 0. The summed E-state index contributed by atoms with van der Waals surface area (Å²) in [6.07, 6.45) is 0.805. The highest BCUT2D eigenvalue weighted by atomic mass is 35.5. The molecule has 0 aliphatic carbocycles. The van der Waals surface area contributed by atoms with Crippen molar-refractivity contribution in [3.63, 3.8) is 0 Å². The van der Waals surface area contributed by atoms with Gasteiger partial charge in [0, 0.05) is 18.7 Å². The molecule has 1 aromatic carbocycles. The number of rotatable bonds is 3. The lowest BCUT2D eigenvalue weighted by Gasteiger charge is -2.11. The van der Waals surface area contributed by atoms with Crippen molar-refractivity contribution >= 4 is 29.7 Å². The molecule has 1 amide bonds. The molecule has 0 aromatic heterocycles. The van der Waals surface area contributed by atoms with Crippen LogP contribution in [-0.2, 0) is 4.79 Å². The van der Waals surface area contributed by atoms with Gasteiger partial charge in [0.1, 0.15) is 0 Å². The number of non-ortho nitro benzene ring substituents is 1. The average molecular weight is 286 g/mol. The van der Waals surface area contributed by atoms with Crippen LogP contribution in [-0.4, -0.2) is 23.9 Å². The molecule has 0 bridgehead atoms. The Labute approximate surface area is 117 Å². The first-order chi connectivity index (χ1) is 8.58. The molecule has 0 radical (unpaired) electrons. The second-order valence-corrected chi connectivity index (χ2v) is 4.44. The first-order valence-corrected chi connectivity index (χ1v) is 5.84. The fourth-order valence-electron chi connectivity index (χ4n) is 1.97. The van der Waals surface area contributed by atoms with E-state index in [1.807, 2.05) is 6.92 Å². The minimum absolute atomic E-state index is 0. The maximum atomic E-state index is 11.9. The quantitative estimate of drug-likeness (QED) is 0.656. The van der Waals surface area contributed by atoms with Crippen molar-refractivity contribution in [2.45, 2.75) is 13.3 Å². The number of benzene rings is 1. The van der Waals surface area contributed by atoms with Gasteiger partial charge in [0.15, 0.2) is 0 Å². The lowest BCUT2D eigenvalue weighted by atomic mass is 10.1. The smallest absolute Gasteiger partial charge is 0.271 e. The minimum Gasteiger partial charge on any atom is -0.325 e. The molecule has 1 heterocycles. The van der Waals surface area contributed by atoms with Gasteiger partial charge in [0.25, 0.3) is 5.69 Å². The molecule has 1 fully saturated rings. The molecule has 104 valence electrons. The van der Waals surface area contributed by atoms with Crippen LogP contribution in [0.15, 0.2) is 18.2 Å². The second-order valence-electron chi connectivity index (χ2n) is 4.44. The maximum absolute atomic E-state index is 11.9. The normalized spacial score (nSPS) is 17.6.